The molecule has 0 saturated carbocycles. The minimum absolute atomic E-state index is 0.256. The van der Waals surface area contributed by atoms with Crippen LogP contribution in [0.1, 0.15) is 43.1 Å². The van der Waals surface area contributed by atoms with Gasteiger partial charge < -0.3 is 5.11 Å². The van der Waals surface area contributed by atoms with Crippen LogP contribution in [0, 0.1) is 0 Å². The van der Waals surface area contributed by atoms with Crippen molar-refractivity contribution in [3.63, 3.8) is 0 Å². The van der Waals surface area contributed by atoms with Crippen LogP contribution in [0.15, 0.2) is 12.4 Å². The van der Waals surface area contributed by atoms with Gasteiger partial charge in [-0.1, -0.05) is 13.8 Å². The van der Waals surface area contributed by atoms with Gasteiger partial charge in [0.25, 0.3) is 0 Å². The number of carbonyl (C=O) groups is 1. The number of carboxylic acid groups (broad SMARTS) is 1. The van der Waals surface area contributed by atoms with Crippen LogP contribution in [-0.2, 0) is 0 Å². The maximum Gasteiger partial charge on any atom is 0.338 e. The standard InChI is InChI=1S/C9H14N2O2/c1-3-8(4-2)11-6-7(5-10-11)9(12)13/h5-6,8H,3-4H2,1-2H3,(H,12,13). The van der Waals surface area contributed by atoms with Crippen molar-refractivity contribution in [2.24, 2.45) is 0 Å². The molecule has 0 aromatic carbocycles. The molecule has 1 N–H and O–H groups in total. The summed E-state index contributed by atoms with van der Waals surface area (Å²) in [4.78, 5) is 10.6. The molecule has 0 fully saturated rings. The number of aromatic carboxylic acids is 1. The number of hydrogen-bond acceptors (Lipinski definition) is 2. The van der Waals surface area contributed by atoms with E-state index in [0.29, 0.717) is 6.04 Å². The molecule has 13 heavy (non-hydrogen) atoms. The molecule has 1 rings (SSSR count). The van der Waals surface area contributed by atoms with E-state index >= 15 is 0 Å². The molecule has 0 spiro atoms. The van der Waals surface area contributed by atoms with Crippen LogP contribution in [0.25, 0.3) is 0 Å². The van der Waals surface area contributed by atoms with Gasteiger partial charge in [0.1, 0.15) is 0 Å². The summed E-state index contributed by atoms with van der Waals surface area (Å²) >= 11 is 0. The predicted molar refractivity (Wildman–Crippen MR) is 48.8 cm³/mol. The number of carboxylic acids is 1. The van der Waals surface area contributed by atoms with Crippen molar-refractivity contribution in [1.82, 2.24) is 9.78 Å². The van der Waals surface area contributed by atoms with E-state index in [2.05, 4.69) is 18.9 Å². The van der Waals surface area contributed by atoms with Crippen molar-refractivity contribution in [3.8, 4) is 0 Å². The van der Waals surface area contributed by atoms with E-state index in [0.717, 1.165) is 12.8 Å². The third-order valence-corrected chi connectivity index (χ3v) is 2.17. The van der Waals surface area contributed by atoms with E-state index in [9.17, 15) is 4.79 Å². The molecule has 72 valence electrons. The Morgan fingerprint density at radius 3 is 2.62 bits per heavy atom. The van der Waals surface area contributed by atoms with E-state index in [4.69, 9.17) is 5.11 Å². The Hall–Kier alpha value is -1.32. The molecule has 0 aliphatic heterocycles. The normalized spacial score (nSPS) is 10.7. The lowest BCUT2D eigenvalue weighted by Crippen LogP contribution is -2.07. The first kappa shape index (κ1) is 9.77. The molecule has 0 saturated heterocycles. The molecule has 0 bridgehead atoms. The fraction of sp³-hybridized carbons (Fsp3) is 0.556. The fourth-order valence-corrected chi connectivity index (χ4v) is 1.31. The number of hydrogen-bond donors (Lipinski definition) is 1. The fourth-order valence-electron chi connectivity index (χ4n) is 1.31. The second-order valence-corrected chi connectivity index (χ2v) is 2.98. The molecule has 0 atom stereocenters. The lowest BCUT2D eigenvalue weighted by molar-refractivity contribution is 0.0696. The number of rotatable bonds is 4. The molecule has 4 heteroatoms. The lowest BCUT2D eigenvalue weighted by atomic mass is 10.2. The molecule has 4 nitrogen and oxygen atoms in total. The highest BCUT2D eigenvalue weighted by Gasteiger charge is 2.10. The van der Waals surface area contributed by atoms with Crippen LogP contribution >= 0.6 is 0 Å². The molecule has 0 radical (unpaired) electrons. The molecule has 0 amide bonds. The van der Waals surface area contributed by atoms with Gasteiger partial charge in [0.2, 0.25) is 0 Å². The van der Waals surface area contributed by atoms with Crippen LogP contribution in [0.3, 0.4) is 0 Å². The van der Waals surface area contributed by atoms with Crippen LogP contribution in [0.2, 0.25) is 0 Å². The molecule has 1 heterocycles. The second kappa shape index (κ2) is 4.07. The van der Waals surface area contributed by atoms with Crippen molar-refractivity contribution in [2.45, 2.75) is 32.7 Å². The van der Waals surface area contributed by atoms with Crippen LogP contribution in [0.4, 0.5) is 0 Å². The summed E-state index contributed by atoms with van der Waals surface area (Å²) in [5.74, 6) is -0.919. The summed E-state index contributed by atoms with van der Waals surface area (Å²) in [7, 11) is 0. The van der Waals surface area contributed by atoms with E-state index < -0.39 is 5.97 Å². The Balaban J connectivity index is 2.84. The van der Waals surface area contributed by atoms with E-state index in [1.54, 1.807) is 10.9 Å². The zero-order valence-corrected chi connectivity index (χ0v) is 7.90. The second-order valence-electron chi connectivity index (χ2n) is 2.98. The first-order valence-electron chi connectivity index (χ1n) is 4.46. The average Bonchev–Trinajstić information content (AvgIpc) is 2.56. The SMILES string of the molecule is CCC(CC)n1cc(C(=O)O)cn1. The van der Waals surface area contributed by atoms with Crippen LogP contribution in [0.5, 0.6) is 0 Å². The van der Waals surface area contributed by atoms with E-state index in [1.807, 2.05) is 0 Å². The topological polar surface area (TPSA) is 55.1 Å². The minimum Gasteiger partial charge on any atom is -0.478 e. The summed E-state index contributed by atoms with van der Waals surface area (Å²) in [5, 5.41) is 12.7. The van der Waals surface area contributed by atoms with Gasteiger partial charge in [-0.25, -0.2) is 4.79 Å². The van der Waals surface area contributed by atoms with Crippen molar-refractivity contribution in [3.05, 3.63) is 18.0 Å². The molecule has 0 aliphatic rings. The van der Waals surface area contributed by atoms with Crippen LogP contribution < -0.4 is 0 Å². The lowest BCUT2D eigenvalue weighted by Gasteiger charge is -2.11. The molecule has 0 unspecified atom stereocenters. The van der Waals surface area contributed by atoms with Gasteiger partial charge in [0, 0.05) is 6.20 Å². The maximum atomic E-state index is 10.6. The van der Waals surface area contributed by atoms with Gasteiger partial charge in [-0.15, -0.1) is 0 Å². The molecule has 1 aromatic rings. The first-order valence-corrected chi connectivity index (χ1v) is 4.46. The van der Waals surface area contributed by atoms with Gasteiger partial charge in [0.05, 0.1) is 17.8 Å². The molecule has 1 aromatic heterocycles. The molecular formula is C9H14N2O2. The van der Waals surface area contributed by atoms with Gasteiger partial charge in [-0.2, -0.15) is 5.10 Å². The minimum atomic E-state index is -0.919. The highest BCUT2D eigenvalue weighted by Crippen LogP contribution is 2.14. The summed E-state index contributed by atoms with van der Waals surface area (Å²) < 4.78 is 1.73. The van der Waals surface area contributed by atoms with Gasteiger partial charge in [-0.05, 0) is 12.8 Å². The van der Waals surface area contributed by atoms with Gasteiger partial charge in [0.15, 0.2) is 0 Å². The average molecular weight is 182 g/mol. The quantitative estimate of drug-likeness (QED) is 0.774. The highest BCUT2D eigenvalue weighted by molar-refractivity contribution is 5.86. The van der Waals surface area contributed by atoms with E-state index in [1.165, 1.54) is 6.20 Å². The molecule has 0 aliphatic carbocycles. The largest absolute Gasteiger partial charge is 0.478 e. The zero-order chi connectivity index (χ0) is 9.84. The third kappa shape index (κ3) is 2.08. The maximum absolute atomic E-state index is 10.6. The van der Waals surface area contributed by atoms with Crippen molar-refractivity contribution in [1.29, 1.82) is 0 Å². The zero-order valence-electron chi connectivity index (χ0n) is 7.90. The highest BCUT2D eigenvalue weighted by atomic mass is 16.4. The monoisotopic (exact) mass is 182 g/mol. The Kier molecular flexibility index (Phi) is 3.06. The Bertz CT molecular complexity index is 290. The van der Waals surface area contributed by atoms with Gasteiger partial charge in [-0.3, -0.25) is 4.68 Å². The first-order chi connectivity index (χ1) is 6.19. The molecular weight excluding hydrogens is 168 g/mol. The van der Waals surface area contributed by atoms with Crippen LogP contribution in [-0.4, -0.2) is 20.9 Å². The number of aromatic nitrogens is 2. The summed E-state index contributed by atoms with van der Waals surface area (Å²) in [6.07, 6.45) is 4.91. The summed E-state index contributed by atoms with van der Waals surface area (Å²) in [6, 6.07) is 0.313. The summed E-state index contributed by atoms with van der Waals surface area (Å²) in [5.41, 5.74) is 0.256. The van der Waals surface area contributed by atoms with Crippen molar-refractivity contribution in [2.75, 3.05) is 0 Å². The van der Waals surface area contributed by atoms with Gasteiger partial charge >= 0.3 is 5.97 Å². The summed E-state index contributed by atoms with van der Waals surface area (Å²) in [6.45, 7) is 4.13. The van der Waals surface area contributed by atoms with Crippen molar-refractivity contribution >= 4 is 5.97 Å². The Labute approximate surface area is 77.2 Å². The number of nitrogens with zero attached hydrogens (tertiary/aromatic N) is 2. The third-order valence-electron chi connectivity index (χ3n) is 2.17. The van der Waals surface area contributed by atoms with E-state index in [-0.39, 0.29) is 5.56 Å². The smallest absolute Gasteiger partial charge is 0.338 e. The Morgan fingerprint density at radius 2 is 2.23 bits per heavy atom. The predicted octanol–water partition coefficient (Wildman–Crippen LogP) is 1.94. The Morgan fingerprint density at radius 1 is 1.62 bits per heavy atom. The van der Waals surface area contributed by atoms with Crippen molar-refractivity contribution < 1.29 is 9.90 Å².